The van der Waals surface area contributed by atoms with Crippen LogP contribution in [-0.2, 0) is 4.79 Å². The van der Waals surface area contributed by atoms with Crippen molar-refractivity contribution in [2.24, 2.45) is 0 Å². The fourth-order valence-electron chi connectivity index (χ4n) is 2.99. The smallest absolute Gasteiger partial charge is 0.276 e. The maximum atomic E-state index is 12.7. The molecule has 4 rings (SSSR count). The lowest BCUT2D eigenvalue weighted by molar-refractivity contribution is -0.114. The second kappa shape index (κ2) is 7.07. The first kappa shape index (κ1) is 17.0. The van der Waals surface area contributed by atoms with E-state index in [1.165, 1.54) is 6.92 Å². The molecule has 1 saturated carbocycles. The molecule has 136 valence electrons. The lowest BCUT2D eigenvalue weighted by Crippen LogP contribution is -2.13. The van der Waals surface area contributed by atoms with Crippen LogP contribution in [0, 0.1) is 0 Å². The van der Waals surface area contributed by atoms with Crippen LogP contribution in [0.1, 0.15) is 41.9 Å². The van der Waals surface area contributed by atoms with Gasteiger partial charge in [-0.3, -0.25) is 9.59 Å². The lowest BCUT2D eigenvalue weighted by Gasteiger charge is -2.06. The van der Waals surface area contributed by atoms with Gasteiger partial charge in [0.15, 0.2) is 5.69 Å². The second-order valence-electron chi connectivity index (χ2n) is 6.69. The minimum Gasteiger partial charge on any atom is -0.326 e. The Balaban J connectivity index is 1.54. The quantitative estimate of drug-likeness (QED) is 0.723. The molecule has 0 bridgehead atoms. The average molecular weight is 360 g/mol. The molecule has 1 aliphatic carbocycles. The molecular formula is C21H20N4O2. The van der Waals surface area contributed by atoms with Crippen molar-refractivity contribution in [2.45, 2.75) is 25.7 Å². The Kier molecular flexibility index (Phi) is 4.46. The highest BCUT2D eigenvalue weighted by molar-refractivity contribution is 6.03. The minimum absolute atomic E-state index is 0.133. The predicted molar refractivity (Wildman–Crippen MR) is 104 cm³/mol. The first-order valence-electron chi connectivity index (χ1n) is 8.94. The van der Waals surface area contributed by atoms with Crippen molar-refractivity contribution in [3.05, 3.63) is 72.1 Å². The summed E-state index contributed by atoms with van der Waals surface area (Å²) < 4.78 is 1.87. The number of hydrogen-bond donors (Lipinski definition) is 2. The van der Waals surface area contributed by atoms with Gasteiger partial charge in [0, 0.05) is 29.9 Å². The van der Waals surface area contributed by atoms with Gasteiger partial charge in [-0.2, -0.15) is 5.10 Å². The molecule has 0 spiro atoms. The highest BCUT2D eigenvalue weighted by atomic mass is 16.2. The SMILES string of the molecule is CC(=O)Nc1ccc(NC(=O)c2cc(C3CC3)n(-c3ccccc3)n2)cc1. The summed E-state index contributed by atoms with van der Waals surface area (Å²) >= 11 is 0. The summed E-state index contributed by atoms with van der Waals surface area (Å²) in [7, 11) is 0. The Labute approximate surface area is 157 Å². The maximum Gasteiger partial charge on any atom is 0.276 e. The van der Waals surface area contributed by atoms with Crippen molar-refractivity contribution in [3.8, 4) is 5.69 Å². The lowest BCUT2D eigenvalue weighted by atomic mass is 10.2. The first-order valence-corrected chi connectivity index (χ1v) is 8.94. The zero-order valence-electron chi connectivity index (χ0n) is 15.0. The van der Waals surface area contributed by atoms with E-state index in [0.717, 1.165) is 24.2 Å². The summed E-state index contributed by atoms with van der Waals surface area (Å²) in [6.45, 7) is 1.45. The monoisotopic (exact) mass is 360 g/mol. The number of hydrogen-bond acceptors (Lipinski definition) is 3. The van der Waals surface area contributed by atoms with Crippen LogP contribution in [0.4, 0.5) is 11.4 Å². The van der Waals surface area contributed by atoms with Crippen molar-refractivity contribution in [2.75, 3.05) is 10.6 Å². The molecule has 2 aromatic carbocycles. The third kappa shape index (κ3) is 3.89. The molecule has 0 atom stereocenters. The van der Waals surface area contributed by atoms with Gasteiger partial charge in [-0.05, 0) is 55.3 Å². The Morgan fingerprint density at radius 2 is 1.59 bits per heavy atom. The van der Waals surface area contributed by atoms with E-state index in [1.54, 1.807) is 24.3 Å². The Morgan fingerprint density at radius 1 is 0.963 bits per heavy atom. The fraction of sp³-hybridized carbons (Fsp3) is 0.190. The molecule has 0 unspecified atom stereocenters. The van der Waals surface area contributed by atoms with Crippen LogP contribution in [0.2, 0.25) is 0 Å². The summed E-state index contributed by atoms with van der Waals surface area (Å²) in [5.74, 6) is 0.0842. The molecule has 1 heterocycles. The standard InChI is InChI=1S/C21H20N4O2/c1-14(26)22-16-9-11-17(12-10-16)23-21(27)19-13-20(15-7-8-15)25(24-19)18-5-3-2-4-6-18/h2-6,9-13,15H,7-8H2,1H3,(H,22,26)(H,23,27). The number of carbonyl (C=O) groups is 2. The normalized spacial score (nSPS) is 13.2. The van der Waals surface area contributed by atoms with Gasteiger partial charge in [0.05, 0.1) is 5.69 Å². The van der Waals surface area contributed by atoms with Crippen LogP contribution < -0.4 is 10.6 Å². The number of anilines is 2. The summed E-state index contributed by atoms with van der Waals surface area (Å²) in [5.41, 5.74) is 3.76. The van der Waals surface area contributed by atoms with E-state index in [2.05, 4.69) is 15.7 Å². The molecule has 1 fully saturated rings. The highest BCUT2D eigenvalue weighted by Crippen LogP contribution is 2.41. The van der Waals surface area contributed by atoms with Crippen molar-refractivity contribution in [1.82, 2.24) is 9.78 Å². The van der Waals surface area contributed by atoms with E-state index in [1.807, 2.05) is 41.1 Å². The number of para-hydroxylation sites is 1. The molecule has 6 heteroatoms. The molecule has 0 aliphatic heterocycles. The molecule has 0 radical (unpaired) electrons. The van der Waals surface area contributed by atoms with Gasteiger partial charge in [-0.25, -0.2) is 4.68 Å². The zero-order valence-corrected chi connectivity index (χ0v) is 15.0. The summed E-state index contributed by atoms with van der Waals surface area (Å²) in [5, 5.41) is 10.1. The van der Waals surface area contributed by atoms with Gasteiger partial charge in [-0.15, -0.1) is 0 Å². The van der Waals surface area contributed by atoms with Crippen LogP contribution >= 0.6 is 0 Å². The van der Waals surface area contributed by atoms with E-state index >= 15 is 0 Å². The van der Waals surface area contributed by atoms with Crippen molar-refractivity contribution in [1.29, 1.82) is 0 Å². The highest BCUT2D eigenvalue weighted by Gasteiger charge is 2.29. The van der Waals surface area contributed by atoms with Gasteiger partial charge in [0.25, 0.3) is 5.91 Å². The molecular weight excluding hydrogens is 340 g/mol. The topological polar surface area (TPSA) is 76.0 Å². The Hall–Kier alpha value is -3.41. The maximum absolute atomic E-state index is 12.7. The predicted octanol–water partition coefficient (Wildman–Crippen LogP) is 3.96. The van der Waals surface area contributed by atoms with Crippen molar-refractivity contribution in [3.63, 3.8) is 0 Å². The van der Waals surface area contributed by atoms with Gasteiger partial charge in [0.1, 0.15) is 0 Å². The number of aromatic nitrogens is 2. The van der Waals surface area contributed by atoms with Gasteiger partial charge in [0.2, 0.25) is 5.91 Å². The number of carbonyl (C=O) groups excluding carboxylic acids is 2. The first-order chi connectivity index (χ1) is 13.1. The Bertz CT molecular complexity index is 973. The molecule has 0 saturated heterocycles. The van der Waals surface area contributed by atoms with Crippen LogP contribution in [0.5, 0.6) is 0 Å². The number of nitrogens with zero attached hydrogens (tertiary/aromatic N) is 2. The molecule has 2 amide bonds. The largest absolute Gasteiger partial charge is 0.326 e. The third-order valence-electron chi connectivity index (χ3n) is 4.43. The number of rotatable bonds is 5. The third-order valence-corrected chi connectivity index (χ3v) is 4.43. The van der Waals surface area contributed by atoms with E-state index in [4.69, 9.17) is 0 Å². The van der Waals surface area contributed by atoms with Crippen molar-refractivity contribution >= 4 is 23.2 Å². The molecule has 6 nitrogen and oxygen atoms in total. The molecule has 1 aromatic heterocycles. The van der Waals surface area contributed by atoms with E-state index in [0.29, 0.717) is 23.0 Å². The van der Waals surface area contributed by atoms with Gasteiger partial charge in [-0.1, -0.05) is 18.2 Å². The number of benzene rings is 2. The molecule has 1 aliphatic rings. The Morgan fingerprint density at radius 3 is 2.19 bits per heavy atom. The van der Waals surface area contributed by atoms with Gasteiger partial charge < -0.3 is 10.6 Å². The number of nitrogens with one attached hydrogen (secondary N) is 2. The van der Waals surface area contributed by atoms with Crippen LogP contribution in [0.3, 0.4) is 0 Å². The fourth-order valence-corrected chi connectivity index (χ4v) is 2.99. The van der Waals surface area contributed by atoms with Crippen LogP contribution in [-0.4, -0.2) is 21.6 Å². The summed E-state index contributed by atoms with van der Waals surface area (Å²) in [4.78, 5) is 23.7. The molecule has 27 heavy (non-hydrogen) atoms. The zero-order chi connectivity index (χ0) is 18.8. The van der Waals surface area contributed by atoms with E-state index in [9.17, 15) is 9.59 Å². The van der Waals surface area contributed by atoms with Crippen LogP contribution in [0.15, 0.2) is 60.7 Å². The van der Waals surface area contributed by atoms with Crippen LogP contribution in [0.25, 0.3) is 5.69 Å². The van der Waals surface area contributed by atoms with E-state index < -0.39 is 0 Å². The molecule has 2 N–H and O–H groups in total. The van der Waals surface area contributed by atoms with E-state index in [-0.39, 0.29) is 11.8 Å². The van der Waals surface area contributed by atoms with Crippen molar-refractivity contribution < 1.29 is 9.59 Å². The minimum atomic E-state index is -0.251. The second-order valence-corrected chi connectivity index (χ2v) is 6.69. The summed E-state index contributed by atoms with van der Waals surface area (Å²) in [6, 6.07) is 18.7. The summed E-state index contributed by atoms with van der Waals surface area (Å²) in [6.07, 6.45) is 2.26. The number of amides is 2. The molecule has 3 aromatic rings. The average Bonchev–Trinajstić information content (AvgIpc) is 3.41. The van der Waals surface area contributed by atoms with Gasteiger partial charge >= 0.3 is 0 Å².